The summed E-state index contributed by atoms with van der Waals surface area (Å²) >= 11 is 0. The van der Waals surface area contributed by atoms with E-state index in [4.69, 9.17) is 4.74 Å². The number of carbonyl (C=O) groups excluding carboxylic acids is 1. The smallest absolute Gasteiger partial charge is 0.307 e. The van der Waals surface area contributed by atoms with E-state index in [1.807, 2.05) is 52.0 Å². The van der Waals surface area contributed by atoms with Crippen molar-refractivity contribution in [3.05, 3.63) is 29.8 Å². The van der Waals surface area contributed by atoms with Gasteiger partial charge in [0, 0.05) is 18.7 Å². The molecule has 0 amide bonds. The average Bonchev–Trinajstić information content (AvgIpc) is 2.52. The summed E-state index contributed by atoms with van der Waals surface area (Å²) in [7, 11) is 1.38. The van der Waals surface area contributed by atoms with Crippen molar-refractivity contribution in [3.8, 4) is 5.75 Å². The maximum atomic E-state index is 11.2. The summed E-state index contributed by atoms with van der Waals surface area (Å²) in [6.07, 6.45) is 0.296. The van der Waals surface area contributed by atoms with Crippen molar-refractivity contribution in [1.82, 2.24) is 10.6 Å². The fourth-order valence-corrected chi connectivity index (χ4v) is 1.95. The van der Waals surface area contributed by atoms with Crippen molar-refractivity contribution in [2.24, 2.45) is 4.99 Å². The van der Waals surface area contributed by atoms with Gasteiger partial charge < -0.3 is 20.1 Å². The molecular formula is C18H30IN3O3. The minimum absolute atomic E-state index is 0. The maximum Gasteiger partial charge on any atom is 0.307 e. The lowest BCUT2D eigenvalue weighted by molar-refractivity contribution is -0.140. The van der Waals surface area contributed by atoms with Gasteiger partial charge in [-0.25, -0.2) is 4.99 Å². The average molecular weight is 463 g/mol. The molecule has 0 aromatic heterocycles. The van der Waals surface area contributed by atoms with Crippen LogP contribution in [0, 0.1) is 0 Å². The number of hydrogen-bond donors (Lipinski definition) is 2. The van der Waals surface area contributed by atoms with E-state index in [0.29, 0.717) is 25.5 Å². The largest absolute Gasteiger partial charge is 0.488 e. The van der Waals surface area contributed by atoms with Gasteiger partial charge in [-0.3, -0.25) is 4.79 Å². The van der Waals surface area contributed by atoms with E-state index in [1.165, 1.54) is 7.11 Å². The Kier molecular flexibility index (Phi) is 11.2. The highest BCUT2D eigenvalue weighted by atomic mass is 127. The van der Waals surface area contributed by atoms with Crippen LogP contribution < -0.4 is 15.4 Å². The van der Waals surface area contributed by atoms with Gasteiger partial charge in [-0.05, 0) is 33.8 Å². The zero-order valence-electron chi connectivity index (χ0n) is 15.7. The van der Waals surface area contributed by atoms with Gasteiger partial charge in [0.05, 0.1) is 20.1 Å². The molecule has 0 unspecified atom stereocenters. The van der Waals surface area contributed by atoms with Crippen molar-refractivity contribution >= 4 is 35.9 Å². The topological polar surface area (TPSA) is 72.0 Å². The summed E-state index contributed by atoms with van der Waals surface area (Å²) in [5, 5.41) is 6.28. The molecule has 1 rings (SSSR count). The van der Waals surface area contributed by atoms with Gasteiger partial charge in [0.25, 0.3) is 0 Å². The normalized spacial score (nSPS) is 11.3. The van der Waals surface area contributed by atoms with E-state index in [9.17, 15) is 4.79 Å². The first-order chi connectivity index (χ1) is 11.4. The minimum atomic E-state index is -0.261. The summed E-state index contributed by atoms with van der Waals surface area (Å²) < 4.78 is 10.6. The number of ether oxygens (including phenoxy) is 2. The second kappa shape index (κ2) is 11.9. The van der Waals surface area contributed by atoms with Crippen molar-refractivity contribution in [2.45, 2.75) is 46.3 Å². The van der Waals surface area contributed by atoms with Crippen LogP contribution in [0.3, 0.4) is 0 Å². The molecule has 25 heavy (non-hydrogen) atoms. The molecule has 2 N–H and O–H groups in total. The summed E-state index contributed by atoms with van der Waals surface area (Å²) in [5.41, 5.74) is 0.751. The lowest BCUT2D eigenvalue weighted by Gasteiger charge is -2.23. The predicted octanol–water partition coefficient (Wildman–Crippen LogP) is 3.10. The Labute approximate surface area is 167 Å². The number of halogens is 1. The molecule has 6 nitrogen and oxygen atoms in total. The van der Waals surface area contributed by atoms with Crippen molar-refractivity contribution in [1.29, 1.82) is 0 Å². The SMILES string of the molecule is CCNC(=NCc1ccccc1OC(C)(C)C)NCCC(=O)OC.I. The lowest BCUT2D eigenvalue weighted by atomic mass is 10.1. The third-order valence-corrected chi connectivity index (χ3v) is 2.99. The number of benzene rings is 1. The zero-order valence-corrected chi connectivity index (χ0v) is 18.0. The number of esters is 1. The van der Waals surface area contributed by atoms with Gasteiger partial charge in [-0.1, -0.05) is 18.2 Å². The summed E-state index contributed by atoms with van der Waals surface area (Å²) in [6, 6.07) is 7.88. The monoisotopic (exact) mass is 463 g/mol. The van der Waals surface area contributed by atoms with Crippen molar-refractivity contribution < 1.29 is 14.3 Å². The van der Waals surface area contributed by atoms with Gasteiger partial charge in [-0.2, -0.15) is 0 Å². The number of carbonyl (C=O) groups is 1. The summed E-state index contributed by atoms with van der Waals surface area (Å²) in [4.78, 5) is 15.7. The molecule has 0 fully saturated rings. The Balaban J connectivity index is 0.00000576. The molecule has 1 aromatic rings. The molecule has 0 aliphatic carbocycles. The van der Waals surface area contributed by atoms with E-state index >= 15 is 0 Å². The highest BCUT2D eigenvalue weighted by Crippen LogP contribution is 2.23. The standard InChI is InChI=1S/C18H29N3O3.HI/c1-6-19-17(20-12-11-16(22)23-5)21-13-14-9-7-8-10-15(14)24-18(2,3)4;/h7-10H,6,11-13H2,1-5H3,(H2,19,20,21);1H. The number of rotatable bonds is 7. The Bertz CT molecular complexity index is 557. The Morgan fingerprint density at radius 2 is 1.88 bits per heavy atom. The molecule has 0 spiro atoms. The van der Waals surface area contributed by atoms with Crippen LogP contribution in [0.4, 0.5) is 0 Å². The van der Waals surface area contributed by atoms with Gasteiger partial charge in [0.15, 0.2) is 5.96 Å². The van der Waals surface area contributed by atoms with E-state index < -0.39 is 0 Å². The lowest BCUT2D eigenvalue weighted by Crippen LogP contribution is -2.38. The predicted molar refractivity (Wildman–Crippen MR) is 112 cm³/mol. The number of nitrogens with zero attached hydrogens (tertiary/aromatic N) is 1. The van der Waals surface area contributed by atoms with E-state index in [-0.39, 0.29) is 35.5 Å². The first-order valence-corrected chi connectivity index (χ1v) is 8.21. The molecule has 142 valence electrons. The molecule has 0 heterocycles. The van der Waals surface area contributed by atoms with Crippen LogP contribution in [-0.2, 0) is 16.1 Å². The van der Waals surface area contributed by atoms with E-state index in [1.54, 1.807) is 0 Å². The Morgan fingerprint density at radius 3 is 2.48 bits per heavy atom. The maximum absolute atomic E-state index is 11.2. The second-order valence-corrected chi connectivity index (χ2v) is 6.27. The Hall–Kier alpha value is -1.51. The molecule has 0 bridgehead atoms. The molecule has 0 saturated carbocycles. The number of methoxy groups -OCH3 is 1. The first-order valence-electron chi connectivity index (χ1n) is 8.21. The molecule has 7 heteroatoms. The quantitative estimate of drug-likeness (QED) is 0.282. The fraction of sp³-hybridized carbons (Fsp3) is 0.556. The van der Waals surface area contributed by atoms with E-state index in [0.717, 1.165) is 17.9 Å². The van der Waals surface area contributed by atoms with Gasteiger partial charge in [0.2, 0.25) is 0 Å². The van der Waals surface area contributed by atoms with Crippen molar-refractivity contribution in [2.75, 3.05) is 20.2 Å². The van der Waals surface area contributed by atoms with Crippen LogP contribution in [0.1, 0.15) is 39.7 Å². The van der Waals surface area contributed by atoms with Crippen LogP contribution >= 0.6 is 24.0 Å². The molecule has 0 aliphatic rings. The number of guanidine groups is 1. The molecule has 1 aromatic carbocycles. The van der Waals surface area contributed by atoms with Gasteiger partial charge in [-0.15, -0.1) is 24.0 Å². The highest BCUT2D eigenvalue weighted by Gasteiger charge is 2.14. The molecular weight excluding hydrogens is 433 g/mol. The van der Waals surface area contributed by atoms with Crippen LogP contribution in [0.15, 0.2) is 29.3 Å². The van der Waals surface area contributed by atoms with Crippen LogP contribution in [0.5, 0.6) is 5.75 Å². The summed E-state index contributed by atoms with van der Waals surface area (Å²) in [5.74, 6) is 1.24. The molecule has 0 aliphatic heterocycles. The molecule has 0 radical (unpaired) electrons. The fourth-order valence-electron chi connectivity index (χ4n) is 1.95. The third kappa shape index (κ3) is 10.2. The third-order valence-electron chi connectivity index (χ3n) is 2.99. The molecule has 0 atom stereocenters. The first kappa shape index (κ1) is 23.5. The zero-order chi connectivity index (χ0) is 18.0. The number of para-hydroxylation sites is 1. The number of nitrogens with one attached hydrogen (secondary N) is 2. The highest BCUT2D eigenvalue weighted by molar-refractivity contribution is 14.0. The Morgan fingerprint density at radius 1 is 1.20 bits per heavy atom. The van der Waals surface area contributed by atoms with Gasteiger partial charge >= 0.3 is 5.97 Å². The minimum Gasteiger partial charge on any atom is -0.488 e. The molecule has 0 saturated heterocycles. The van der Waals surface area contributed by atoms with Crippen molar-refractivity contribution in [3.63, 3.8) is 0 Å². The number of hydrogen-bond acceptors (Lipinski definition) is 4. The van der Waals surface area contributed by atoms with Crippen LogP contribution in [0.2, 0.25) is 0 Å². The second-order valence-electron chi connectivity index (χ2n) is 6.27. The van der Waals surface area contributed by atoms with Crippen LogP contribution in [-0.4, -0.2) is 37.7 Å². The number of aliphatic imine (C=N–C) groups is 1. The van der Waals surface area contributed by atoms with Crippen LogP contribution in [0.25, 0.3) is 0 Å². The van der Waals surface area contributed by atoms with Gasteiger partial charge in [0.1, 0.15) is 11.4 Å². The summed E-state index contributed by atoms with van der Waals surface area (Å²) in [6.45, 7) is 9.75. The van der Waals surface area contributed by atoms with E-state index in [2.05, 4.69) is 20.4 Å².